The fourth-order valence-corrected chi connectivity index (χ4v) is 2.77. The number of anilines is 1. The van der Waals surface area contributed by atoms with Crippen molar-refractivity contribution in [2.24, 2.45) is 5.73 Å². The van der Waals surface area contributed by atoms with Gasteiger partial charge in [0.2, 0.25) is 5.91 Å². The van der Waals surface area contributed by atoms with Gasteiger partial charge >= 0.3 is 0 Å². The summed E-state index contributed by atoms with van der Waals surface area (Å²) >= 11 is 1.70. The SMILES string of the molecule is Cc1c(N)cccc1SCc1cccc(C(N)=O)c1. The van der Waals surface area contributed by atoms with Crippen LogP contribution in [0.2, 0.25) is 0 Å². The second kappa shape index (κ2) is 5.80. The molecule has 2 rings (SSSR count). The summed E-state index contributed by atoms with van der Waals surface area (Å²) in [5.41, 5.74) is 14.7. The molecule has 0 aliphatic rings. The van der Waals surface area contributed by atoms with Crippen LogP contribution < -0.4 is 11.5 Å². The van der Waals surface area contributed by atoms with E-state index in [-0.39, 0.29) is 0 Å². The van der Waals surface area contributed by atoms with Crippen molar-refractivity contribution in [3.63, 3.8) is 0 Å². The third-order valence-electron chi connectivity index (χ3n) is 2.93. The van der Waals surface area contributed by atoms with Gasteiger partial charge in [-0.2, -0.15) is 0 Å². The van der Waals surface area contributed by atoms with E-state index < -0.39 is 5.91 Å². The molecule has 0 aromatic heterocycles. The lowest BCUT2D eigenvalue weighted by molar-refractivity contribution is 0.1000. The van der Waals surface area contributed by atoms with E-state index in [1.54, 1.807) is 17.8 Å². The Balaban J connectivity index is 2.12. The van der Waals surface area contributed by atoms with Gasteiger partial charge in [-0.1, -0.05) is 18.2 Å². The van der Waals surface area contributed by atoms with E-state index in [4.69, 9.17) is 11.5 Å². The number of nitrogen functional groups attached to an aromatic ring is 1. The minimum absolute atomic E-state index is 0.396. The maximum Gasteiger partial charge on any atom is 0.248 e. The Morgan fingerprint density at radius 3 is 2.68 bits per heavy atom. The molecule has 4 heteroatoms. The molecule has 0 radical (unpaired) electrons. The van der Waals surface area contributed by atoms with Crippen LogP contribution in [0.15, 0.2) is 47.4 Å². The molecule has 0 saturated carbocycles. The summed E-state index contributed by atoms with van der Waals surface area (Å²) in [4.78, 5) is 12.3. The van der Waals surface area contributed by atoms with Crippen molar-refractivity contribution >= 4 is 23.4 Å². The van der Waals surface area contributed by atoms with Crippen molar-refractivity contribution in [3.8, 4) is 0 Å². The predicted molar refractivity (Wildman–Crippen MR) is 80.1 cm³/mol. The lowest BCUT2D eigenvalue weighted by Crippen LogP contribution is -2.10. The van der Waals surface area contributed by atoms with Crippen LogP contribution in [0.5, 0.6) is 0 Å². The van der Waals surface area contributed by atoms with E-state index in [1.165, 1.54) is 0 Å². The molecule has 0 bridgehead atoms. The summed E-state index contributed by atoms with van der Waals surface area (Å²) in [6, 6.07) is 13.3. The van der Waals surface area contributed by atoms with Crippen LogP contribution in [-0.2, 0) is 5.75 Å². The van der Waals surface area contributed by atoms with Crippen LogP contribution in [0.1, 0.15) is 21.5 Å². The van der Waals surface area contributed by atoms with E-state index in [1.807, 2.05) is 43.3 Å². The molecule has 0 spiro atoms. The van der Waals surface area contributed by atoms with Gasteiger partial charge in [0.1, 0.15) is 0 Å². The minimum atomic E-state index is -0.396. The molecule has 0 fully saturated rings. The largest absolute Gasteiger partial charge is 0.398 e. The van der Waals surface area contributed by atoms with Gasteiger partial charge in [-0.25, -0.2) is 0 Å². The molecule has 2 aromatic rings. The summed E-state index contributed by atoms with van der Waals surface area (Å²) in [6.45, 7) is 2.01. The van der Waals surface area contributed by atoms with Crippen LogP contribution in [0.25, 0.3) is 0 Å². The second-order valence-corrected chi connectivity index (χ2v) is 5.34. The molecule has 0 heterocycles. The molecular formula is C15H16N2OS. The van der Waals surface area contributed by atoms with E-state index in [0.717, 1.165) is 27.5 Å². The number of hydrogen-bond acceptors (Lipinski definition) is 3. The zero-order chi connectivity index (χ0) is 13.8. The molecule has 98 valence electrons. The van der Waals surface area contributed by atoms with Crippen LogP contribution in [0.4, 0.5) is 5.69 Å². The Labute approximate surface area is 117 Å². The number of primary amides is 1. The summed E-state index contributed by atoms with van der Waals surface area (Å²) < 4.78 is 0. The molecular weight excluding hydrogens is 256 g/mol. The number of amides is 1. The molecule has 0 atom stereocenters. The Hall–Kier alpha value is -1.94. The van der Waals surface area contributed by atoms with E-state index >= 15 is 0 Å². The van der Waals surface area contributed by atoms with Crippen molar-refractivity contribution in [2.75, 3.05) is 5.73 Å². The Morgan fingerprint density at radius 2 is 1.95 bits per heavy atom. The van der Waals surface area contributed by atoms with Crippen LogP contribution in [0, 0.1) is 6.92 Å². The highest BCUT2D eigenvalue weighted by Crippen LogP contribution is 2.28. The number of rotatable bonds is 4. The molecule has 1 amide bonds. The van der Waals surface area contributed by atoms with E-state index in [2.05, 4.69) is 0 Å². The first-order valence-electron chi connectivity index (χ1n) is 5.94. The molecule has 0 aliphatic carbocycles. The van der Waals surface area contributed by atoms with Gasteiger partial charge < -0.3 is 11.5 Å². The van der Waals surface area contributed by atoms with Crippen LogP contribution in [-0.4, -0.2) is 5.91 Å². The lowest BCUT2D eigenvalue weighted by Gasteiger charge is -2.08. The fraction of sp³-hybridized carbons (Fsp3) is 0.133. The van der Waals surface area contributed by atoms with Gasteiger partial charge in [-0.05, 0) is 42.3 Å². The van der Waals surface area contributed by atoms with Crippen molar-refractivity contribution < 1.29 is 4.79 Å². The minimum Gasteiger partial charge on any atom is -0.398 e. The number of benzene rings is 2. The molecule has 0 saturated heterocycles. The summed E-state index contributed by atoms with van der Waals surface area (Å²) in [5, 5.41) is 0. The third-order valence-corrected chi connectivity index (χ3v) is 4.16. The van der Waals surface area contributed by atoms with Crippen molar-refractivity contribution in [1.82, 2.24) is 0 Å². The van der Waals surface area contributed by atoms with E-state index in [0.29, 0.717) is 5.56 Å². The Bertz CT molecular complexity index is 611. The van der Waals surface area contributed by atoms with Crippen molar-refractivity contribution in [2.45, 2.75) is 17.6 Å². The standard InChI is InChI=1S/C15H16N2OS/c1-10-13(16)6-3-7-14(10)19-9-11-4-2-5-12(8-11)15(17)18/h2-8H,9,16H2,1H3,(H2,17,18). The monoisotopic (exact) mass is 272 g/mol. The number of thioether (sulfide) groups is 1. The maximum atomic E-state index is 11.1. The van der Waals surface area contributed by atoms with Crippen LogP contribution >= 0.6 is 11.8 Å². The Morgan fingerprint density at radius 1 is 1.21 bits per heavy atom. The number of carbonyl (C=O) groups is 1. The van der Waals surface area contributed by atoms with Gasteiger partial charge in [-0.3, -0.25) is 4.79 Å². The number of carbonyl (C=O) groups excluding carboxylic acids is 1. The Kier molecular flexibility index (Phi) is 4.12. The molecule has 0 unspecified atom stereocenters. The smallest absolute Gasteiger partial charge is 0.248 e. The first kappa shape index (κ1) is 13.5. The normalized spacial score (nSPS) is 10.4. The zero-order valence-electron chi connectivity index (χ0n) is 10.7. The van der Waals surface area contributed by atoms with Gasteiger partial charge in [0, 0.05) is 21.9 Å². The maximum absolute atomic E-state index is 11.1. The lowest BCUT2D eigenvalue weighted by atomic mass is 10.1. The van der Waals surface area contributed by atoms with Gasteiger partial charge in [0.15, 0.2) is 0 Å². The third kappa shape index (κ3) is 3.29. The molecule has 3 nitrogen and oxygen atoms in total. The first-order valence-corrected chi connectivity index (χ1v) is 6.93. The summed E-state index contributed by atoms with van der Waals surface area (Å²) in [7, 11) is 0. The quantitative estimate of drug-likeness (QED) is 0.664. The highest BCUT2D eigenvalue weighted by molar-refractivity contribution is 7.98. The topological polar surface area (TPSA) is 69.1 Å². The number of hydrogen-bond donors (Lipinski definition) is 2. The van der Waals surface area contributed by atoms with E-state index in [9.17, 15) is 4.79 Å². The molecule has 4 N–H and O–H groups in total. The number of nitrogens with two attached hydrogens (primary N) is 2. The van der Waals surface area contributed by atoms with Gasteiger partial charge in [-0.15, -0.1) is 11.8 Å². The summed E-state index contributed by atoms with van der Waals surface area (Å²) in [6.07, 6.45) is 0. The summed E-state index contributed by atoms with van der Waals surface area (Å²) in [5.74, 6) is 0.387. The average Bonchev–Trinajstić information content (AvgIpc) is 2.41. The highest BCUT2D eigenvalue weighted by Gasteiger charge is 2.04. The molecule has 19 heavy (non-hydrogen) atoms. The highest BCUT2D eigenvalue weighted by atomic mass is 32.2. The zero-order valence-corrected chi connectivity index (χ0v) is 11.5. The fourth-order valence-electron chi connectivity index (χ4n) is 1.76. The van der Waals surface area contributed by atoms with Gasteiger partial charge in [0.25, 0.3) is 0 Å². The van der Waals surface area contributed by atoms with Crippen LogP contribution in [0.3, 0.4) is 0 Å². The molecule has 0 aliphatic heterocycles. The van der Waals surface area contributed by atoms with Crippen molar-refractivity contribution in [1.29, 1.82) is 0 Å². The molecule has 2 aromatic carbocycles. The average molecular weight is 272 g/mol. The predicted octanol–water partition coefficient (Wildman–Crippen LogP) is 2.97. The van der Waals surface area contributed by atoms with Crippen molar-refractivity contribution in [3.05, 3.63) is 59.2 Å². The first-order chi connectivity index (χ1) is 9.08. The second-order valence-electron chi connectivity index (χ2n) is 4.32. The van der Waals surface area contributed by atoms with Gasteiger partial charge in [0.05, 0.1) is 0 Å².